The van der Waals surface area contributed by atoms with Crippen molar-refractivity contribution in [2.75, 3.05) is 13.2 Å². The quantitative estimate of drug-likeness (QED) is 0.366. The van der Waals surface area contributed by atoms with Gasteiger partial charge in [0.2, 0.25) is 0 Å². The van der Waals surface area contributed by atoms with Gasteiger partial charge in [-0.1, -0.05) is 0 Å². The molecule has 4 fully saturated rings. The molecular weight excluding hydrogens is 524 g/mol. The van der Waals surface area contributed by atoms with E-state index >= 15 is 0 Å². The van der Waals surface area contributed by atoms with Gasteiger partial charge < -0.3 is 47.7 Å². The summed E-state index contributed by atoms with van der Waals surface area (Å²) in [6, 6.07) is 0. The van der Waals surface area contributed by atoms with Crippen LogP contribution in [0.5, 0.6) is 0 Å². The molecule has 2 unspecified atom stereocenters. The third-order valence-electron chi connectivity index (χ3n) is 5.36. The molecule has 14 heteroatoms. The second-order valence-electron chi connectivity index (χ2n) is 10.3. The number of ketones is 1. The fourth-order valence-corrected chi connectivity index (χ4v) is 3.98. The van der Waals surface area contributed by atoms with E-state index in [0.717, 1.165) is 0 Å². The van der Waals surface area contributed by atoms with Crippen LogP contribution in [0.2, 0.25) is 0 Å². The number of carbonyl (C=O) groups is 4. The zero-order chi connectivity index (χ0) is 29.7. The number of carbonyl (C=O) groups excluding carboxylic acids is 4. The van der Waals surface area contributed by atoms with Crippen molar-refractivity contribution >= 4 is 23.7 Å². The highest BCUT2D eigenvalue weighted by atomic mass is 16.8. The van der Waals surface area contributed by atoms with Crippen molar-refractivity contribution in [3.63, 3.8) is 0 Å². The molecule has 4 aliphatic rings. The molecule has 0 saturated carbocycles. The molecular formula is C25H40O14. The summed E-state index contributed by atoms with van der Waals surface area (Å²) < 4.78 is 46.5. The summed E-state index contributed by atoms with van der Waals surface area (Å²) >= 11 is 0. The second kappa shape index (κ2) is 13.4. The highest BCUT2D eigenvalue weighted by molar-refractivity contribution is 5.90. The molecule has 39 heavy (non-hydrogen) atoms. The number of ether oxygens (including phenoxy) is 9. The Bertz CT molecular complexity index is 884. The van der Waals surface area contributed by atoms with E-state index in [-0.39, 0.29) is 31.1 Å². The first-order valence-corrected chi connectivity index (χ1v) is 12.6. The summed E-state index contributed by atoms with van der Waals surface area (Å²) in [5.74, 6) is -2.86. The van der Waals surface area contributed by atoms with Crippen molar-refractivity contribution in [1.82, 2.24) is 0 Å². The fourth-order valence-electron chi connectivity index (χ4n) is 3.98. The summed E-state index contributed by atoms with van der Waals surface area (Å²) in [6.45, 7) is 14.5. The smallest absolute Gasteiger partial charge is 0.302 e. The highest BCUT2D eigenvalue weighted by Crippen LogP contribution is 2.37. The highest BCUT2D eigenvalue weighted by Gasteiger charge is 2.55. The number of Topliss-reactive ketones (excluding diaryl/α,β-unsaturated/α-hetero) is 1. The van der Waals surface area contributed by atoms with Crippen LogP contribution in [0.3, 0.4) is 0 Å². The van der Waals surface area contributed by atoms with Crippen LogP contribution >= 0.6 is 0 Å². The van der Waals surface area contributed by atoms with Crippen LogP contribution < -0.4 is 0 Å². The Morgan fingerprint density at radius 2 is 1.36 bits per heavy atom. The molecule has 224 valence electrons. The van der Waals surface area contributed by atoms with Crippen molar-refractivity contribution in [2.45, 2.75) is 123 Å². The average molecular weight is 565 g/mol. The lowest BCUT2D eigenvalue weighted by atomic mass is 10.1. The normalized spacial score (nSPS) is 33.2. The Hall–Kier alpha value is -2.20. The van der Waals surface area contributed by atoms with Gasteiger partial charge in [0.25, 0.3) is 0 Å². The van der Waals surface area contributed by atoms with Crippen LogP contribution in [-0.2, 0) is 61.8 Å². The van der Waals surface area contributed by atoms with E-state index in [2.05, 4.69) is 4.74 Å². The van der Waals surface area contributed by atoms with E-state index in [9.17, 15) is 24.3 Å². The maximum Gasteiger partial charge on any atom is 0.302 e. The summed E-state index contributed by atoms with van der Waals surface area (Å²) in [5.41, 5.74) is 0. The first-order chi connectivity index (χ1) is 17.9. The first-order valence-electron chi connectivity index (χ1n) is 12.6. The maximum atomic E-state index is 11.8. The van der Waals surface area contributed by atoms with Gasteiger partial charge in [0, 0.05) is 20.8 Å². The van der Waals surface area contributed by atoms with E-state index in [1.54, 1.807) is 27.7 Å². The molecule has 0 aromatic rings. The lowest BCUT2D eigenvalue weighted by Crippen LogP contribution is -2.36. The van der Waals surface area contributed by atoms with Gasteiger partial charge >= 0.3 is 17.9 Å². The van der Waals surface area contributed by atoms with E-state index < -0.39 is 66.6 Å². The van der Waals surface area contributed by atoms with Gasteiger partial charge in [-0.25, -0.2) is 0 Å². The number of rotatable bonds is 5. The number of hydrogen-bond donors (Lipinski definition) is 1. The molecule has 0 radical (unpaired) electrons. The third kappa shape index (κ3) is 10.0. The summed E-state index contributed by atoms with van der Waals surface area (Å²) in [6.07, 6.45) is -4.70. The van der Waals surface area contributed by atoms with Crippen molar-refractivity contribution in [3.8, 4) is 0 Å². The second-order valence-corrected chi connectivity index (χ2v) is 10.3. The lowest BCUT2D eigenvalue weighted by molar-refractivity contribution is -0.220. The Morgan fingerprint density at radius 3 is 1.82 bits per heavy atom. The minimum Gasteiger partial charge on any atom is -0.463 e. The Balaban J connectivity index is 0.000000222. The van der Waals surface area contributed by atoms with Gasteiger partial charge in [0.1, 0.15) is 31.5 Å². The molecule has 0 aromatic carbocycles. The molecule has 1 N–H and O–H groups in total. The number of aliphatic hydroxyl groups is 1. The number of fused-ring (bicyclic) bond motifs is 2. The third-order valence-corrected chi connectivity index (χ3v) is 5.36. The van der Waals surface area contributed by atoms with Gasteiger partial charge in [0.15, 0.2) is 42.1 Å². The minimum absolute atomic E-state index is 0.0106. The van der Waals surface area contributed by atoms with E-state index in [4.69, 9.17) is 37.9 Å². The van der Waals surface area contributed by atoms with Crippen LogP contribution in [0, 0.1) is 0 Å². The van der Waals surface area contributed by atoms with Crippen LogP contribution in [-0.4, -0.2) is 103 Å². The Kier molecular flexibility index (Phi) is 11.4. The van der Waals surface area contributed by atoms with Crippen molar-refractivity contribution < 1.29 is 66.9 Å². The predicted octanol–water partition coefficient (Wildman–Crippen LogP) is 0.740. The van der Waals surface area contributed by atoms with E-state index in [1.165, 1.54) is 20.8 Å². The molecule has 0 amide bonds. The molecule has 0 bridgehead atoms. The van der Waals surface area contributed by atoms with Crippen molar-refractivity contribution in [1.29, 1.82) is 0 Å². The topological polar surface area (TPSA) is 172 Å². The fraction of sp³-hybridized carbons (Fsp3) is 0.840. The lowest BCUT2D eigenvalue weighted by Gasteiger charge is -2.22. The zero-order valence-corrected chi connectivity index (χ0v) is 23.8. The summed E-state index contributed by atoms with van der Waals surface area (Å²) in [5, 5.41) is 9.88. The van der Waals surface area contributed by atoms with Crippen LogP contribution in [0.25, 0.3) is 0 Å². The van der Waals surface area contributed by atoms with Crippen LogP contribution in [0.1, 0.15) is 62.3 Å². The zero-order valence-electron chi connectivity index (χ0n) is 23.8. The van der Waals surface area contributed by atoms with Gasteiger partial charge in [-0.3, -0.25) is 19.2 Å². The van der Waals surface area contributed by atoms with E-state index in [1.807, 2.05) is 13.8 Å². The molecule has 4 heterocycles. The van der Waals surface area contributed by atoms with Crippen molar-refractivity contribution in [3.05, 3.63) is 0 Å². The molecule has 0 spiro atoms. The molecule has 4 aliphatic heterocycles. The van der Waals surface area contributed by atoms with Crippen molar-refractivity contribution in [2.24, 2.45) is 0 Å². The monoisotopic (exact) mass is 564 g/mol. The Labute approximate surface area is 227 Å². The van der Waals surface area contributed by atoms with E-state index in [0.29, 0.717) is 0 Å². The number of hydrogen-bond acceptors (Lipinski definition) is 14. The minimum atomic E-state index is -0.842. The van der Waals surface area contributed by atoms with Gasteiger partial charge in [0.05, 0.1) is 6.10 Å². The molecule has 7 atom stereocenters. The van der Waals surface area contributed by atoms with Gasteiger partial charge in [-0.15, -0.1) is 0 Å². The molecule has 4 rings (SSSR count). The van der Waals surface area contributed by atoms with Gasteiger partial charge in [-0.2, -0.15) is 0 Å². The molecule has 0 aliphatic carbocycles. The largest absolute Gasteiger partial charge is 0.463 e. The molecule has 4 saturated heterocycles. The number of esters is 3. The summed E-state index contributed by atoms with van der Waals surface area (Å²) in [4.78, 5) is 43.0. The van der Waals surface area contributed by atoms with Crippen LogP contribution in [0.15, 0.2) is 0 Å². The molecule has 14 nitrogen and oxygen atoms in total. The van der Waals surface area contributed by atoms with Gasteiger partial charge in [-0.05, 0) is 41.5 Å². The standard InChI is InChI=1S/C10H16O6.C10H14O6.C5H10O2/c2*1-5(11)13-4-6-7(12)8-9(14-6)16-10(2,3)15-8;1-4(2)7-5(3)6/h6-9,12H,4H2,1-3H3;6,8-9H,4H2,1-3H3;4H,1-3H3/t6-,7-,8-,9?;6-,8-,9?;/m11./s1. The predicted molar refractivity (Wildman–Crippen MR) is 129 cm³/mol. The summed E-state index contributed by atoms with van der Waals surface area (Å²) in [7, 11) is 0. The Morgan fingerprint density at radius 1 is 0.821 bits per heavy atom. The first kappa shape index (κ1) is 33.0. The number of aliphatic hydroxyl groups excluding tert-OH is 1. The maximum absolute atomic E-state index is 11.8. The SMILES string of the molecule is CC(=O)OC(C)C.CC(=O)OC[C@H]1OC2OC(C)(C)O[C@@H]2C1=O.CC(=O)OC[C@H]1OC2OC(C)(C)O[C@@H]2[C@@H]1O. The molecule has 0 aromatic heterocycles. The average Bonchev–Trinajstić information content (AvgIpc) is 3.43. The van der Waals surface area contributed by atoms with Crippen LogP contribution in [0.4, 0.5) is 0 Å².